The highest BCUT2D eigenvalue weighted by Gasteiger charge is 1.98. The van der Waals surface area contributed by atoms with Crippen LogP contribution in [0.1, 0.15) is 5.56 Å². The number of halogens is 2. The molecule has 82 valence electrons. The zero-order chi connectivity index (χ0) is 11.4. The SMILES string of the molecule is Fc1cccc(COc2ccc(Br)nc2)c1. The Kier molecular flexibility index (Phi) is 3.51. The lowest BCUT2D eigenvalue weighted by atomic mass is 10.2. The second-order valence-corrected chi connectivity index (χ2v) is 4.05. The summed E-state index contributed by atoms with van der Waals surface area (Å²) < 4.78 is 19.1. The van der Waals surface area contributed by atoms with Crippen LogP contribution in [-0.4, -0.2) is 4.98 Å². The molecule has 16 heavy (non-hydrogen) atoms. The second kappa shape index (κ2) is 5.07. The molecule has 4 heteroatoms. The molecule has 0 saturated heterocycles. The van der Waals surface area contributed by atoms with Gasteiger partial charge in [-0.1, -0.05) is 12.1 Å². The summed E-state index contributed by atoms with van der Waals surface area (Å²) in [7, 11) is 0. The smallest absolute Gasteiger partial charge is 0.138 e. The number of ether oxygens (including phenoxy) is 1. The predicted molar refractivity (Wildman–Crippen MR) is 62.7 cm³/mol. The fourth-order valence-corrected chi connectivity index (χ4v) is 1.48. The highest BCUT2D eigenvalue weighted by Crippen LogP contribution is 2.14. The largest absolute Gasteiger partial charge is 0.487 e. The van der Waals surface area contributed by atoms with Gasteiger partial charge in [-0.25, -0.2) is 9.37 Å². The predicted octanol–water partition coefficient (Wildman–Crippen LogP) is 3.56. The first-order chi connectivity index (χ1) is 7.74. The van der Waals surface area contributed by atoms with Crippen molar-refractivity contribution in [3.8, 4) is 5.75 Å². The molecule has 0 aliphatic rings. The van der Waals surface area contributed by atoms with E-state index in [-0.39, 0.29) is 5.82 Å². The lowest BCUT2D eigenvalue weighted by molar-refractivity contribution is 0.304. The number of benzene rings is 1. The molecule has 0 unspecified atom stereocenters. The first-order valence-corrected chi connectivity index (χ1v) is 5.52. The van der Waals surface area contributed by atoms with Gasteiger partial charge in [-0.05, 0) is 45.8 Å². The Hall–Kier alpha value is -1.42. The minimum absolute atomic E-state index is 0.255. The molecule has 0 amide bonds. The number of aromatic nitrogens is 1. The summed E-state index contributed by atoms with van der Waals surface area (Å²) in [5, 5.41) is 0. The van der Waals surface area contributed by atoms with Gasteiger partial charge < -0.3 is 4.74 Å². The van der Waals surface area contributed by atoms with E-state index in [2.05, 4.69) is 20.9 Å². The monoisotopic (exact) mass is 281 g/mol. The molecular weight excluding hydrogens is 273 g/mol. The van der Waals surface area contributed by atoms with Crippen LogP contribution in [0.25, 0.3) is 0 Å². The van der Waals surface area contributed by atoms with E-state index in [1.807, 2.05) is 6.07 Å². The highest BCUT2D eigenvalue weighted by molar-refractivity contribution is 9.10. The summed E-state index contributed by atoms with van der Waals surface area (Å²) >= 11 is 3.23. The molecule has 0 atom stereocenters. The van der Waals surface area contributed by atoms with Crippen molar-refractivity contribution < 1.29 is 9.13 Å². The molecule has 1 aromatic heterocycles. The summed E-state index contributed by atoms with van der Waals surface area (Å²) in [6, 6.07) is 9.93. The zero-order valence-corrected chi connectivity index (χ0v) is 9.95. The molecule has 2 rings (SSSR count). The fourth-order valence-electron chi connectivity index (χ4n) is 1.24. The van der Waals surface area contributed by atoms with E-state index in [1.165, 1.54) is 12.1 Å². The first-order valence-electron chi connectivity index (χ1n) is 4.73. The van der Waals surface area contributed by atoms with Crippen molar-refractivity contribution in [2.45, 2.75) is 6.61 Å². The number of hydrogen-bond donors (Lipinski definition) is 0. The lowest BCUT2D eigenvalue weighted by Gasteiger charge is -2.05. The van der Waals surface area contributed by atoms with E-state index in [1.54, 1.807) is 24.4 Å². The van der Waals surface area contributed by atoms with E-state index in [0.29, 0.717) is 12.4 Å². The molecule has 0 spiro atoms. The molecule has 0 radical (unpaired) electrons. The van der Waals surface area contributed by atoms with Crippen LogP contribution in [0.3, 0.4) is 0 Å². The molecule has 2 nitrogen and oxygen atoms in total. The maximum Gasteiger partial charge on any atom is 0.138 e. The standard InChI is InChI=1S/C12H9BrFNO/c13-12-5-4-11(7-15-12)16-8-9-2-1-3-10(14)6-9/h1-7H,8H2. The third-order valence-corrected chi connectivity index (χ3v) is 2.46. The van der Waals surface area contributed by atoms with E-state index >= 15 is 0 Å². The third kappa shape index (κ3) is 3.03. The van der Waals surface area contributed by atoms with Crippen LogP contribution in [0, 0.1) is 5.82 Å². The Morgan fingerprint density at radius 2 is 2.12 bits per heavy atom. The normalized spacial score (nSPS) is 10.1. The summed E-state index contributed by atoms with van der Waals surface area (Å²) in [6.07, 6.45) is 1.61. The molecule has 0 bridgehead atoms. The van der Waals surface area contributed by atoms with E-state index in [0.717, 1.165) is 10.2 Å². The maximum atomic E-state index is 12.9. The van der Waals surface area contributed by atoms with E-state index in [9.17, 15) is 4.39 Å². The third-order valence-electron chi connectivity index (χ3n) is 1.99. The van der Waals surface area contributed by atoms with Gasteiger partial charge in [0.25, 0.3) is 0 Å². The first kappa shape index (κ1) is 11.1. The molecule has 2 aromatic rings. The number of rotatable bonds is 3. The Bertz CT molecular complexity index is 473. The fraction of sp³-hybridized carbons (Fsp3) is 0.0833. The molecule has 0 aliphatic heterocycles. The van der Waals surface area contributed by atoms with Crippen LogP contribution < -0.4 is 4.74 Å². The van der Waals surface area contributed by atoms with Crippen molar-refractivity contribution in [1.29, 1.82) is 0 Å². The topological polar surface area (TPSA) is 22.1 Å². The Labute approximate surface area is 101 Å². The number of pyridine rings is 1. The van der Waals surface area contributed by atoms with E-state index in [4.69, 9.17) is 4.74 Å². The van der Waals surface area contributed by atoms with Crippen LogP contribution in [-0.2, 0) is 6.61 Å². The van der Waals surface area contributed by atoms with Gasteiger partial charge in [0.1, 0.15) is 22.8 Å². The Morgan fingerprint density at radius 1 is 1.25 bits per heavy atom. The molecular formula is C12H9BrFNO. The molecule has 1 aromatic carbocycles. The zero-order valence-electron chi connectivity index (χ0n) is 8.36. The number of nitrogens with zero attached hydrogens (tertiary/aromatic N) is 1. The Morgan fingerprint density at radius 3 is 2.81 bits per heavy atom. The lowest BCUT2D eigenvalue weighted by Crippen LogP contribution is -1.96. The van der Waals surface area contributed by atoms with Gasteiger partial charge in [0.15, 0.2) is 0 Å². The second-order valence-electron chi connectivity index (χ2n) is 3.24. The van der Waals surface area contributed by atoms with Gasteiger partial charge in [-0.15, -0.1) is 0 Å². The quantitative estimate of drug-likeness (QED) is 0.803. The van der Waals surface area contributed by atoms with Gasteiger partial charge in [-0.3, -0.25) is 0 Å². The average Bonchev–Trinajstić information content (AvgIpc) is 2.28. The minimum atomic E-state index is -0.255. The van der Waals surface area contributed by atoms with Crippen molar-refractivity contribution in [2.24, 2.45) is 0 Å². The van der Waals surface area contributed by atoms with E-state index < -0.39 is 0 Å². The van der Waals surface area contributed by atoms with Crippen molar-refractivity contribution in [3.05, 3.63) is 58.6 Å². The maximum absolute atomic E-state index is 12.9. The van der Waals surface area contributed by atoms with Gasteiger partial charge in [0, 0.05) is 0 Å². The molecule has 0 saturated carbocycles. The van der Waals surface area contributed by atoms with Gasteiger partial charge in [0.2, 0.25) is 0 Å². The van der Waals surface area contributed by atoms with Crippen molar-refractivity contribution in [2.75, 3.05) is 0 Å². The summed E-state index contributed by atoms with van der Waals surface area (Å²) in [4.78, 5) is 4.03. The highest BCUT2D eigenvalue weighted by atomic mass is 79.9. The van der Waals surface area contributed by atoms with Crippen LogP contribution >= 0.6 is 15.9 Å². The molecule has 0 fully saturated rings. The van der Waals surface area contributed by atoms with Gasteiger partial charge >= 0.3 is 0 Å². The van der Waals surface area contributed by atoms with Crippen molar-refractivity contribution in [1.82, 2.24) is 4.98 Å². The van der Waals surface area contributed by atoms with Crippen molar-refractivity contribution in [3.63, 3.8) is 0 Å². The Balaban J connectivity index is 1.99. The summed E-state index contributed by atoms with van der Waals surface area (Å²) in [6.45, 7) is 0.334. The van der Waals surface area contributed by atoms with Crippen LogP contribution in [0.2, 0.25) is 0 Å². The van der Waals surface area contributed by atoms with Gasteiger partial charge in [-0.2, -0.15) is 0 Å². The van der Waals surface area contributed by atoms with Crippen molar-refractivity contribution >= 4 is 15.9 Å². The minimum Gasteiger partial charge on any atom is -0.487 e. The molecule has 1 heterocycles. The number of hydrogen-bond acceptors (Lipinski definition) is 2. The van der Waals surface area contributed by atoms with Gasteiger partial charge in [0.05, 0.1) is 6.20 Å². The summed E-state index contributed by atoms with van der Waals surface area (Å²) in [5.41, 5.74) is 0.794. The molecule has 0 N–H and O–H groups in total. The average molecular weight is 282 g/mol. The van der Waals surface area contributed by atoms with Crippen LogP contribution in [0.5, 0.6) is 5.75 Å². The van der Waals surface area contributed by atoms with Crippen LogP contribution in [0.15, 0.2) is 47.2 Å². The van der Waals surface area contributed by atoms with Crippen LogP contribution in [0.4, 0.5) is 4.39 Å². The summed E-state index contributed by atoms with van der Waals surface area (Å²) in [5.74, 6) is 0.405. The molecule has 0 aliphatic carbocycles.